The minimum absolute atomic E-state index is 0.00447. The molecule has 0 unspecified atom stereocenters. The maximum atomic E-state index is 12.4. The normalized spacial score (nSPS) is 11.9. The minimum atomic E-state index is -3.85. The van der Waals surface area contributed by atoms with Crippen LogP contribution in [0.4, 0.5) is 11.5 Å². The molecule has 2 aromatic carbocycles. The van der Waals surface area contributed by atoms with Crippen molar-refractivity contribution in [1.29, 1.82) is 0 Å². The van der Waals surface area contributed by atoms with Gasteiger partial charge < -0.3 is 14.0 Å². The zero-order valence-corrected chi connectivity index (χ0v) is 16.4. The highest BCUT2D eigenvalue weighted by Gasteiger charge is 2.16. The smallest absolute Gasteiger partial charge is 0.348 e. The van der Waals surface area contributed by atoms with E-state index in [4.69, 9.17) is 8.94 Å². The highest BCUT2D eigenvalue weighted by atomic mass is 32.2. The lowest BCUT2D eigenvalue weighted by atomic mass is 10.1. The van der Waals surface area contributed by atoms with Gasteiger partial charge in [0, 0.05) is 12.3 Å². The molecule has 0 bridgehead atoms. The monoisotopic (exact) mass is 425 g/mol. The average Bonchev–Trinajstić information content (AvgIpc) is 3.12. The molecule has 2 aromatic heterocycles. The van der Waals surface area contributed by atoms with Gasteiger partial charge in [0.05, 0.1) is 16.0 Å². The molecule has 0 spiro atoms. The first kappa shape index (κ1) is 19.4. The Balaban J connectivity index is 1.59. The van der Waals surface area contributed by atoms with Gasteiger partial charge in [0.2, 0.25) is 0 Å². The maximum Gasteiger partial charge on any atom is 0.348 e. The molecule has 0 fully saturated rings. The Hall–Kier alpha value is -3.92. The molecule has 0 radical (unpaired) electrons. The van der Waals surface area contributed by atoms with Gasteiger partial charge in [-0.3, -0.25) is 9.71 Å². The van der Waals surface area contributed by atoms with Gasteiger partial charge in [-0.25, -0.2) is 13.2 Å². The first-order chi connectivity index (χ1) is 14.3. The van der Waals surface area contributed by atoms with Crippen LogP contribution in [0.2, 0.25) is 0 Å². The number of benzene rings is 2. The summed E-state index contributed by atoms with van der Waals surface area (Å²) in [6.07, 6.45) is 1.17. The molecular formula is C20H15N3O6S. The zero-order valence-electron chi connectivity index (χ0n) is 15.6. The molecule has 10 heteroatoms. The van der Waals surface area contributed by atoms with Crippen LogP contribution in [0.1, 0.15) is 11.3 Å². The third-order valence-electron chi connectivity index (χ3n) is 4.18. The number of anilines is 1. The number of aliphatic imine (C=N–C) groups is 1. The van der Waals surface area contributed by atoms with Crippen molar-refractivity contribution in [3.63, 3.8) is 0 Å². The first-order valence-corrected chi connectivity index (χ1v) is 10.2. The van der Waals surface area contributed by atoms with Crippen molar-refractivity contribution in [2.75, 3.05) is 4.72 Å². The third-order valence-corrected chi connectivity index (χ3v) is 5.55. The Labute approximate surface area is 170 Å². The third kappa shape index (κ3) is 3.80. The SMILES string of the molecule is Cc1cc(NS(=O)(=O)c2ccc(N=Cc3c(O)c4ccccc4oc3=O)cc2)no1. The molecule has 0 amide bonds. The van der Waals surface area contributed by atoms with Crippen LogP contribution in [0, 0.1) is 6.92 Å². The predicted molar refractivity (Wildman–Crippen MR) is 110 cm³/mol. The summed E-state index contributed by atoms with van der Waals surface area (Å²) in [6, 6.07) is 13.7. The number of aromatic nitrogens is 1. The number of fused-ring (bicyclic) bond motifs is 1. The molecular weight excluding hydrogens is 410 g/mol. The number of hydrogen-bond acceptors (Lipinski definition) is 8. The number of nitrogens with one attached hydrogen (secondary N) is 1. The predicted octanol–water partition coefficient (Wildman–Crippen LogP) is 3.35. The number of aryl methyl sites for hydroxylation is 1. The molecule has 0 atom stereocenters. The largest absolute Gasteiger partial charge is 0.506 e. The lowest BCUT2D eigenvalue weighted by Gasteiger charge is -2.05. The van der Waals surface area contributed by atoms with Crippen LogP contribution < -0.4 is 10.3 Å². The Morgan fingerprint density at radius 3 is 2.57 bits per heavy atom. The second-order valence-corrected chi connectivity index (χ2v) is 8.01. The molecule has 0 saturated heterocycles. The fourth-order valence-electron chi connectivity index (χ4n) is 2.72. The molecule has 30 heavy (non-hydrogen) atoms. The van der Waals surface area contributed by atoms with E-state index in [1.54, 1.807) is 31.2 Å². The topological polar surface area (TPSA) is 135 Å². The van der Waals surface area contributed by atoms with E-state index in [1.807, 2.05) is 0 Å². The summed E-state index contributed by atoms with van der Waals surface area (Å²) in [5, 5.41) is 14.3. The van der Waals surface area contributed by atoms with E-state index in [1.165, 1.54) is 36.5 Å². The second kappa shape index (κ2) is 7.48. The van der Waals surface area contributed by atoms with E-state index < -0.39 is 15.6 Å². The molecule has 0 saturated carbocycles. The lowest BCUT2D eigenvalue weighted by Crippen LogP contribution is -2.12. The molecule has 0 aliphatic heterocycles. The summed E-state index contributed by atoms with van der Waals surface area (Å²) in [5.74, 6) is 0.309. The van der Waals surface area contributed by atoms with Gasteiger partial charge in [-0.1, -0.05) is 17.3 Å². The van der Waals surface area contributed by atoms with E-state index in [9.17, 15) is 18.3 Å². The van der Waals surface area contributed by atoms with Crippen molar-refractivity contribution in [3.05, 3.63) is 76.3 Å². The van der Waals surface area contributed by atoms with Gasteiger partial charge in [0.25, 0.3) is 10.0 Å². The van der Waals surface area contributed by atoms with Crippen molar-refractivity contribution in [2.45, 2.75) is 11.8 Å². The maximum absolute atomic E-state index is 12.4. The van der Waals surface area contributed by atoms with Crippen LogP contribution >= 0.6 is 0 Å². The summed E-state index contributed by atoms with van der Waals surface area (Å²) >= 11 is 0. The van der Waals surface area contributed by atoms with Crippen molar-refractivity contribution in [2.24, 2.45) is 4.99 Å². The van der Waals surface area contributed by atoms with Crippen LogP contribution in [0.3, 0.4) is 0 Å². The van der Waals surface area contributed by atoms with Crippen molar-refractivity contribution < 1.29 is 22.5 Å². The van der Waals surface area contributed by atoms with Crippen molar-refractivity contribution in [3.8, 4) is 5.75 Å². The second-order valence-electron chi connectivity index (χ2n) is 6.33. The molecule has 2 heterocycles. The van der Waals surface area contributed by atoms with Gasteiger partial charge in [-0.05, 0) is 43.3 Å². The Kier molecular flexibility index (Phi) is 4.84. The molecule has 0 aliphatic carbocycles. The fraction of sp³-hybridized carbons (Fsp3) is 0.0500. The van der Waals surface area contributed by atoms with Gasteiger partial charge in [-0.15, -0.1) is 0 Å². The summed E-state index contributed by atoms with van der Waals surface area (Å²) in [6.45, 7) is 1.64. The van der Waals surface area contributed by atoms with E-state index in [0.29, 0.717) is 16.8 Å². The number of aromatic hydroxyl groups is 1. The standard InChI is InChI=1S/C20H15N3O6S/c1-12-10-18(22-29-12)23-30(26,27)14-8-6-13(7-9-14)21-11-16-19(24)15-4-2-3-5-17(15)28-20(16)25/h2-11,24H,1H3,(H,22,23). The Bertz CT molecular complexity index is 1420. The highest BCUT2D eigenvalue weighted by Crippen LogP contribution is 2.25. The summed E-state index contributed by atoms with van der Waals surface area (Å²) in [7, 11) is -3.85. The summed E-state index contributed by atoms with van der Waals surface area (Å²) in [5.41, 5.74) is -0.200. The molecule has 4 aromatic rings. The summed E-state index contributed by atoms with van der Waals surface area (Å²) < 4.78 is 37.1. The zero-order chi connectivity index (χ0) is 21.3. The van der Waals surface area contributed by atoms with Crippen molar-refractivity contribution in [1.82, 2.24) is 5.16 Å². The van der Waals surface area contributed by atoms with Crippen LogP contribution in [0.15, 0.2) is 78.2 Å². The quantitative estimate of drug-likeness (QED) is 0.370. The fourth-order valence-corrected chi connectivity index (χ4v) is 3.71. The lowest BCUT2D eigenvalue weighted by molar-refractivity contribution is 0.400. The Morgan fingerprint density at radius 1 is 1.13 bits per heavy atom. The molecule has 0 aliphatic rings. The number of para-hydroxylation sites is 1. The van der Waals surface area contributed by atoms with E-state index in [-0.39, 0.29) is 27.6 Å². The van der Waals surface area contributed by atoms with Crippen molar-refractivity contribution >= 4 is 38.7 Å². The number of rotatable bonds is 5. The van der Waals surface area contributed by atoms with Gasteiger partial charge in [-0.2, -0.15) is 0 Å². The number of nitrogens with zero attached hydrogens (tertiary/aromatic N) is 2. The van der Waals surface area contributed by atoms with Crippen LogP contribution in [0.25, 0.3) is 11.0 Å². The number of hydrogen-bond donors (Lipinski definition) is 2. The molecule has 152 valence electrons. The Morgan fingerprint density at radius 2 is 1.87 bits per heavy atom. The average molecular weight is 425 g/mol. The molecule has 4 rings (SSSR count). The van der Waals surface area contributed by atoms with Crippen LogP contribution in [0.5, 0.6) is 5.75 Å². The molecule has 9 nitrogen and oxygen atoms in total. The minimum Gasteiger partial charge on any atom is -0.506 e. The van der Waals surface area contributed by atoms with E-state index >= 15 is 0 Å². The van der Waals surface area contributed by atoms with Crippen LogP contribution in [-0.2, 0) is 10.0 Å². The molecule has 2 N–H and O–H groups in total. The van der Waals surface area contributed by atoms with Crippen LogP contribution in [-0.4, -0.2) is 24.9 Å². The first-order valence-electron chi connectivity index (χ1n) is 8.68. The van der Waals surface area contributed by atoms with E-state index in [0.717, 1.165) is 0 Å². The number of sulfonamides is 1. The highest BCUT2D eigenvalue weighted by molar-refractivity contribution is 7.92. The van der Waals surface area contributed by atoms with Gasteiger partial charge in [0.15, 0.2) is 5.82 Å². The van der Waals surface area contributed by atoms with Gasteiger partial charge in [0.1, 0.15) is 22.7 Å². The summed E-state index contributed by atoms with van der Waals surface area (Å²) in [4.78, 5) is 16.2. The van der Waals surface area contributed by atoms with Gasteiger partial charge >= 0.3 is 5.63 Å². The van der Waals surface area contributed by atoms with E-state index in [2.05, 4.69) is 14.9 Å².